The summed E-state index contributed by atoms with van der Waals surface area (Å²) < 4.78 is 0. The van der Waals surface area contributed by atoms with Crippen molar-refractivity contribution in [1.82, 2.24) is 9.88 Å². The zero-order valence-electron chi connectivity index (χ0n) is 15.7. The number of carboxylic acid groups (broad SMARTS) is 1. The standard InChI is InChI=1S/C17H26N4O5/c1-11-9-19(12-6-7-18-8-13(12)21(25)26)10-14(17(11,5)24)20(15(22)23)16(2,3)4/h6-8,11,14,24H,9-10H2,1-5H3,(H,22,23). The number of anilines is 1. The average molecular weight is 366 g/mol. The Hall–Kier alpha value is -2.42. The summed E-state index contributed by atoms with van der Waals surface area (Å²) in [5, 5.41) is 32.1. The van der Waals surface area contributed by atoms with Gasteiger partial charge >= 0.3 is 11.8 Å². The largest absolute Gasteiger partial charge is 0.465 e. The van der Waals surface area contributed by atoms with Crippen LogP contribution in [-0.4, -0.2) is 61.4 Å². The van der Waals surface area contributed by atoms with Gasteiger partial charge in [-0.15, -0.1) is 0 Å². The number of amides is 1. The molecule has 2 N–H and O–H groups in total. The lowest BCUT2D eigenvalue weighted by Crippen LogP contribution is -2.69. The van der Waals surface area contributed by atoms with Gasteiger partial charge in [0.05, 0.1) is 16.6 Å². The molecule has 2 heterocycles. The van der Waals surface area contributed by atoms with E-state index in [0.717, 1.165) is 0 Å². The van der Waals surface area contributed by atoms with Gasteiger partial charge in [-0.1, -0.05) is 6.92 Å². The van der Waals surface area contributed by atoms with Gasteiger partial charge in [-0.2, -0.15) is 0 Å². The number of aliphatic hydroxyl groups is 1. The van der Waals surface area contributed by atoms with Crippen LogP contribution in [0.2, 0.25) is 0 Å². The van der Waals surface area contributed by atoms with E-state index in [1.165, 1.54) is 17.3 Å². The van der Waals surface area contributed by atoms with E-state index in [4.69, 9.17) is 0 Å². The minimum Gasteiger partial charge on any atom is -0.465 e. The van der Waals surface area contributed by atoms with Gasteiger partial charge < -0.3 is 15.1 Å². The van der Waals surface area contributed by atoms with Crippen molar-refractivity contribution in [2.45, 2.75) is 51.8 Å². The molecule has 9 nitrogen and oxygen atoms in total. The zero-order chi connectivity index (χ0) is 19.9. The number of pyridine rings is 1. The highest BCUT2D eigenvalue weighted by Gasteiger charge is 2.50. The van der Waals surface area contributed by atoms with Crippen molar-refractivity contribution in [3.05, 3.63) is 28.6 Å². The van der Waals surface area contributed by atoms with Crippen LogP contribution < -0.4 is 4.90 Å². The number of nitro groups is 1. The Balaban J connectivity index is 2.50. The van der Waals surface area contributed by atoms with Crippen LogP contribution in [-0.2, 0) is 0 Å². The Labute approximate surface area is 152 Å². The fraction of sp³-hybridized carbons (Fsp3) is 0.647. The number of carbonyl (C=O) groups is 1. The first kappa shape index (κ1) is 19.9. The molecule has 1 aromatic rings. The zero-order valence-corrected chi connectivity index (χ0v) is 15.7. The number of hydrogen-bond donors (Lipinski definition) is 2. The van der Waals surface area contributed by atoms with Gasteiger partial charge in [0.2, 0.25) is 0 Å². The molecule has 9 heteroatoms. The predicted molar refractivity (Wildman–Crippen MR) is 96.3 cm³/mol. The first-order valence-corrected chi connectivity index (χ1v) is 8.45. The summed E-state index contributed by atoms with van der Waals surface area (Å²) >= 11 is 0. The van der Waals surface area contributed by atoms with E-state index < -0.39 is 28.2 Å². The second-order valence-electron chi connectivity index (χ2n) is 7.99. The maximum absolute atomic E-state index is 11.9. The Morgan fingerprint density at radius 3 is 2.58 bits per heavy atom. The number of rotatable bonds is 3. The summed E-state index contributed by atoms with van der Waals surface area (Å²) in [4.78, 5) is 29.6. The maximum Gasteiger partial charge on any atom is 0.408 e. The van der Waals surface area contributed by atoms with Crippen molar-refractivity contribution in [3.8, 4) is 0 Å². The third kappa shape index (κ3) is 3.57. The molecular formula is C17H26N4O5. The molecule has 1 amide bonds. The summed E-state index contributed by atoms with van der Waals surface area (Å²) in [5.74, 6) is -0.307. The Kier molecular flexibility index (Phi) is 5.14. The van der Waals surface area contributed by atoms with Crippen molar-refractivity contribution >= 4 is 17.5 Å². The van der Waals surface area contributed by atoms with Gasteiger partial charge in [0, 0.05) is 30.7 Å². The topological polar surface area (TPSA) is 120 Å². The van der Waals surface area contributed by atoms with Crippen LogP contribution in [0.3, 0.4) is 0 Å². The fourth-order valence-electron chi connectivity index (χ4n) is 3.53. The molecule has 144 valence electrons. The number of aromatic nitrogens is 1. The highest BCUT2D eigenvalue weighted by atomic mass is 16.6. The van der Waals surface area contributed by atoms with Gasteiger partial charge in [-0.25, -0.2) is 4.79 Å². The van der Waals surface area contributed by atoms with E-state index >= 15 is 0 Å². The molecule has 0 saturated carbocycles. The van der Waals surface area contributed by atoms with E-state index in [1.54, 1.807) is 38.7 Å². The first-order chi connectivity index (χ1) is 11.9. The molecule has 1 aliphatic heterocycles. The molecule has 0 spiro atoms. The van der Waals surface area contributed by atoms with Gasteiger partial charge in [0.15, 0.2) is 0 Å². The number of piperidine rings is 1. The van der Waals surface area contributed by atoms with Gasteiger partial charge in [0.25, 0.3) is 0 Å². The lowest BCUT2D eigenvalue weighted by Gasteiger charge is -2.53. The highest BCUT2D eigenvalue weighted by Crippen LogP contribution is 2.38. The molecule has 1 aliphatic rings. The summed E-state index contributed by atoms with van der Waals surface area (Å²) in [6.45, 7) is 9.23. The maximum atomic E-state index is 11.9. The second kappa shape index (κ2) is 6.71. The third-order valence-electron chi connectivity index (χ3n) is 5.12. The molecular weight excluding hydrogens is 340 g/mol. The summed E-state index contributed by atoms with van der Waals surface area (Å²) in [5.41, 5.74) is -1.79. The van der Waals surface area contributed by atoms with Gasteiger partial charge in [0.1, 0.15) is 11.9 Å². The number of nitrogens with zero attached hydrogens (tertiary/aromatic N) is 4. The Bertz CT molecular complexity index is 701. The smallest absolute Gasteiger partial charge is 0.408 e. The first-order valence-electron chi connectivity index (χ1n) is 8.45. The lowest BCUT2D eigenvalue weighted by atomic mass is 9.77. The summed E-state index contributed by atoms with van der Waals surface area (Å²) in [6, 6.07) is 0.793. The average Bonchev–Trinajstić information content (AvgIpc) is 2.50. The SMILES string of the molecule is CC1CN(c2ccncc2[N+](=O)[O-])CC(N(C(=O)O)C(C)(C)C)C1(C)O. The minimum atomic E-state index is -1.27. The number of hydrogen-bond acceptors (Lipinski definition) is 6. The lowest BCUT2D eigenvalue weighted by molar-refractivity contribution is -0.384. The van der Waals surface area contributed by atoms with E-state index in [-0.39, 0.29) is 18.2 Å². The predicted octanol–water partition coefficient (Wildman–Crippen LogP) is 2.34. The van der Waals surface area contributed by atoms with Crippen molar-refractivity contribution < 1.29 is 19.9 Å². The molecule has 3 atom stereocenters. The van der Waals surface area contributed by atoms with Crippen molar-refractivity contribution in [1.29, 1.82) is 0 Å². The van der Waals surface area contributed by atoms with Gasteiger partial charge in [-0.3, -0.25) is 20.0 Å². The molecule has 1 saturated heterocycles. The second-order valence-corrected chi connectivity index (χ2v) is 7.99. The van der Waals surface area contributed by atoms with Crippen molar-refractivity contribution in [2.75, 3.05) is 18.0 Å². The highest BCUT2D eigenvalue weighted by molar-refractivity contribution is 5.68. The molecule has 0 aromatic carbocycles. The molecule has 1 aromatic heterocycles. The normalized spacial score (nSPS) is 26.5. The van der Waals surface area contributed by atoms with Crippen LogP contribution in [0.25, 0.3) is 0 Å². The molecule has 1 fully saturated rings. The Morgan fingerprint density at radius 1 is 1.46 bits per heavy atom. The quantitative estimate of drug-likeness (QED) is 0.622. The van der Waals surface area contributed by atoms with E-state index in [0.29, 0.717) is 12.2 Å². The molecule has 26 heavy (non-hydrogen) atoms. The molecule has 0 bridgehead atoms. The van der Waals surface area contributed by atoms with Crippen LogP contribution in [0.1, 0.15) is 34.6 Å². The van der Waals surface area contributed by atoms with Crippen LogP contribution in [0, 0.1) is 16.0 Å². The van der Waals surface area contributed by atoms with Crippen LogP contribution in [0.15, 0.2) is 18.5 Å². The van der Waals surface area contributed by atoms with E-state index in [1.807, 2.05) is 6.92 Å². The minimum absolute atomic E-state index is 0.141. The Morgan fingerprint density at radius 2 is 2.08 bits per heavy atom. The molecule has 2 rings (SSSR count). The molecule has 3 unspecified atom stereocenters. The monoisotopic (exact) mass is 366 g/mol. The van der Waals surface area contributed by atoms with Crippen molar-refractivity contribution in [2.24, 2.45) is 5.92 Å². The summed E-state index contributed by atoms with van der Waals surface area (Å²) in [6.07, 6.45) is 1.51. The van der Waals surface area contributed by atoms with E-state index in [2.05, 4.69) is 4.98 Å². The van der Waals surface area contributed by atoms with Crippen LogP contribution in [0.5, 0.6) is 0 Å². The van der Waals surface area contributed by atoms with Gasteiger partial charge in [-0.05, 0) is 33.8 Å². The molecule has 0 radical (unpaired) electrons. The van der Waals surface area contributed by atoms with Crippen LogP contribution >= 0.6 is 0 Å². The third-order valence-corrected chi connectivity index (χ3v) is 5.12. The molecule has 0 aliphatic carbocycles. The van der Waals surface area contributed by atoms with Crippen LogP contribution in [0.4, 0.5) is 16.2 Å². The van der Waals surface area contributed by atoms with Crippen molar-refractivity contribution in [3.63, 3.8) is 0 Å². The van der Waals surface area contributed by atoms with E-state index in [9.17, 15) is 25.1 Å². The fourth-order valence-corrected chi connectivity index (χ4v) is 3.53. The summed E-state index contributed by atoms with van der Waals surface area (Å²) in [7, 11) is 0.